The largest absolute Gasteiger partial charge is 0.464 e. The number of primary sulfonamides is 1. The number of nitrogens with one attached hydrogen (secondary N) is 1. The molecule has 136 valence electrons. The molecule has 0 bridgehead atoms. The maximum Gasteiger partial charge on any atom is 0.255 e. The number of hydrogen-bond donors (Lipinski definition) is 2. The average molecular weight is 365 g/mol. The van der Waals surface area contributed by atoms with Gasteiger partial charge >= 0.3 is 0 Å². The van der Waals surface area contributed by atoms with Crippen LogP contribution in [0.2, 0.25) is 0 Å². The molecule has 3 N–H and O–H groups in total. The van der Waals surface area contributed by atoms with Crippen molar-refractivity contribution in [3.8, 4) is 5.75 Å². The summed E-state index contributed by atoms with van der Waals surface area (Å²) >= 11 is 0. The van der Waals surface area contributed by atoms with Crippen LogP contribution in [-0.4, -0.2) is 44.9 Å². The van der Waals surface area contributed by atoms with Crippen LogP contribution in [0, 0.1) is 0 Å². The summed E-state index contributed by atoms with van der Waals surface area (Å²) in [5.74, 6) is 0.0474. The SMILES string of the molecule is CCN1CCCC1CNC(=O)c1cc(S(N)(=O)=O)cc2c1OC=CC2. The van der Waals surface area contributed by atoms with E-state index in [-0.39, 0.29) is 16.4 Å². The highest BCUT2D eigenvalue weighted by Crippen LogP contribution is 2.31. The standard InChI is InChI=1S/C17H23N3O4S/c1-2-20-7-3-6-13(20)11-19-17(21)15-10-14(25(18,22)23)9-12-5-4-8-24-16(12)15/h4,8-10,13H,2-3,5-7,11H2,1H3,(H,19,21)(H2,18,22,23). The lowest BCUT2D eigenvalue weighted by atomic mass is 10.0. The number of likely N-dealkylation sites (tertiary alicyclic amines) is 1. The van der Waals surface area contributed by atoms with Gasteiger partial charge in [-0.1, -0.05) is 6.92 Å². The second kappa shape index (κ2) is 7.15. The summed E-state index contributed by atoms with van der Waals surface area (Å²) in [5.41, 5.74) is 0.835. The maximum atomic E-state index is 12.7. The van der Waals surface area contributed by atoms with Crippen LogP contribution >= 0.6 is 0 Å². The van der Waals surface area contributed by atoms with E-state index in [0.717, 1.165) is 25.9 Å². The van der Waals surface area contributed by atoms with Crippen molar-refractivity contribution in [2.75, 3.05) is 19.6 Å². The highest BCUT2D eigenvalue weighted by atomic mass is 32.2. The molecule has 7 nitrogen and oxygen atoms in total. The molecule has 3 rings (SSSR count). The van der Waals surface area contributed by atoms with Gasteiger partial charge in [0.2, 0.25) is 10.0 Å². The first-order chi connectivity index (χ1) is 11.9. The Bertz CT molecular complexity index is 804. The molecule has 0 saturated carbocycles. The van der Waals surface area contributed by atoms with Crippen LogP contribution in [0.1, 0.15) is 35.7 Å². The van der Waals surface area contributed by atoms with Crippen LogP contribution < -0.4 is 15.2 Å². The first kappa shape index (κ1) is 17.9. The summed E-state index contributed by atoms with van der Waals surface area (Å²) in [5, 5.41) is 8.16. The Labute approximate surface area is 147 Å². The lowest BCUT2D eigenvalue weighted by Gasteiger charge is -2.23. The van der Waals surface area contributed by atoms with Crippen molar-refractivity contribution in [1.29, 1.82) is 0 Å². The van der Waals surface area contributed by atoms with E-state index in [1.165, 1.54) is 18.4 Å². The molecule has 2 aliphatic heterocycles. The van der Waals surface area contributed by atoms with E-state index in [4.69, 9.17) is 9.88 Å². The number of carbonyl (C=O) groups is 1. The number of sulfonamides is 1. The maximum absolute atomic E-state index is 12.7. The van der Waals surface area contributed by atoms with E-state index >= 15 is 0 Å². The Balaban J connectivity index is 1.84. The molecule has 2 heterocycles. The van der Waals surface area contributed by atoms with Gasteiger partial charge in [0.15, 0.2) is 0 Å². The van der Waals surface area contributed by atoms with Crippen LogP contribution in [0.15, 0.2) is 29.4 Å². The van der Waals surface area contributed by atoms with Crippen molar-refractivity contribution in [3.05, 3.63) is 35.6 Å². The molecule has 1 aromatic carbocycles. The third-order valence-corrected chi connectivity index (χ3v) is 5.63. The van der Waals surface area contributed by atoms with E-state index < -0.39 is 10.0 Å². The zero-order chi connectivity index (χ0) is 18.0. The number of rotatable bonds is 5. The molecule has 1 fully saturated rings. The summed E-state index contributed by atoms with van der Waals surface area (Å²) in [6.45, 7) is 4.62. The van der Waals surface area contributed by atoms with Gasteiger partial charge in [0.25, 0.3) is 5.91 Å². The van der Waals surface area contributed by atoms with E-state index in [1.807, 2.05) is 0 Å². The summed E-state index contributed by atoms with van der Waals surface area (Å²) in [6, 6.07) is 3.06. The normalized spacial score (nSPS) is 20.2. The second-order valence-electron chi connectivity index (χ2n) is 6.33. The number of fused-ring (bicyclic) bond motifs is 1. The summed E-state index contributed by atoms with van der Waals surface area (Å²) in [6.07, 6.45) is 5.92. The number of hydrogen-bond acceptors (Lipinski definition) is 5. The number of amides is 1. The molecule has 1 amide bonds. The van der Waals surface area contributed by atoms with Crippen molar-refractivity contribution in [3.63, 3.8) is 0 Å². The molecule has 0 spiro atoms. The van der Waals surface area contributed by atoms with Crippen molar-refractivity contribution in [2.45, 2.75) is 37.1 Å². The Morgan fingerprint density at radius 1 is 1.44 bits per heavy atom. The minimum Gasteiger partial charge on any atom is -0.464 e. The third-order valence-electron chi connectivity index (χ3n) is 4.74. The van der Waals surface area contributed by atoms with Crippen LogP contribution in [0.4, 0.5) is 0 Å². The highest BCUT2D eigenvalue weighted by Gasteiger charge is 2.26. The van der Waals surface area contributed by atoms with E-state index in [0.29, 0.717) is 30.3 Å². The van der Waals surface area contributed by atoms with Crippen molar-refractivity contribution in [2.24, 2.45) is 5.14 Å². The van der Waals surface area contributed by atoms with Gasteiger partial charge in [-0.3, -0.25) is 9.69 Å². The molecule has 25 heavy (non-hydrogen) atoms. The Kier molecular flexibility index (Phi) is 5.12. The van der Waals surface area contributed by atoms with E-state index in [1.54, 1.807) is 6.08 Å². The van der Waals surface area contributed by atoms with Gasteiger partial charge in [0.05, 0.1) is 16.7 Å². The molecule has 1 saturated heterocycles. The number of carbonyl (C=O) groups excluding carboxylic acids is 1. The minimum atomic E-state index is -3.90. The van der Waals surface area contributed by atoms with Gasteiger partial charge in [-0.05, 0) is 50.6 Å². The quantitative estimate of drug-likeness (QED) is 0.810. The van der Waals surface area contributed by atoms with Gasteiger partial charge in [0.1, 0.15) is 5.75 Å². The van der Waals surface area contributed by atoms with E-state index in [2.05, 4.69) is 17.1 Å². The predicted molar refractivity (Wildman–Crippen MR) is 93.9 cm³/mol. The molecular weight excluding hydrogens is 342 g/mol. The summed E-state index contributed by atoms with van der Waals surface area (Å²) in [4.78, 5) is 14.9. The fourth-order valence-corrected chi connectivity index (χ4v) is 4.01. The first-order valence-corrected chi connectivity index (χ1v) is 9.98. The van der Waals surface area contributed by atoms with Gasteiger partial charge in [-0.15, -0.1) is 0 Å². The lowest BCUT2D eigenvalue weighted by Crippen LogP contribution is -2.40. The predicted octanol–water partition coefficient (Wildman–Crippen LogP) is 0.997. The monoisotopic (exact) mass is 365 g/mol. The van der Waals surface area contributed by atoms with Crippen LogP contribution in [-0.2, 0) is 16.4 Å². The molecule has 0 aromatic heterocycles. The van der Waals surface area contributed by atoms with Crippen LogP contribution in [0.3, 0.4) is 0 Å². The Morgan fingerprint density at radius 2 is 2.24 bits per heavy atom. The Hall–Kier alpha value is -1.90. The number of benzene rings is 1. The molecule has 8 heteroatoms. The molecule has 0 radical (unpaired) electrons. The topological polar surface area (TPSA) is 102 Å². The molecule has 1 atom stereocenters. The number of nitrogens with zero attached hydrogens (tertiary/aromatic N) is 1. The molecule has 2 aliphatic rings. The number of likely N-dealkylation sites (N-methyl/N-ethyl adjacent to an activating group) is 1. The molecule has 0 aliphatic carbocycles. The molecule has 1 aromatic rings. The van der Waals surface area contributed by atoms with Crippen molar-refractivity contribution in [1.82, 2.24) is 10.2 Å². The highest BCUT2D eigenvalue weighted by molar-refractivity contribution is 7.89. The zero-order valence-corrected chi connectivity index (χ0v) is 15.0. The molecule has 1 unspecified atom stereocenters. The van der Waals surface area contributed by atoms with Gasteiger partial charge in [-0.2, -0.15) is 0 Å². The Morgan fingerprint density at radius 3 is 2.96 bits per heavy atom. The van der Waals surface area contributed by atoms with E-state index in [9.17, 15) is 13.2 Å². The molecular formula is C17H23N3O4S. The van der Waals surface area contributed by atoms with Gasteiger partial charge < -0.3 is 10.1 Å². The van der Waals surface area contributed by atoms with Crippen molar-refractivity contribution < 1.29 is 17.9 Å². The smallest absolute Gasteiger partial charge is 0.255 e. The number of ether oxygens (including phenoxy) is 1. The third kappa shape index (κ3) is 3.86. The average Bonchev–Trinajstić information content (AvgIpc) is 3.05. The van der Waals surface area contributed by atoms with Crippen LogP contribution in [0.5, 0.6) is 5.75 Å². The van der Waals surface area contributed by atoms with Gasteiger partial charge in [0, 0.05) is 18.2 Å². The number of allylic oxidation sites excluding steroid dienone is 1. The number of nitrogens with two attached hydrogens (primary N) is 1. The fraction of sp³-hybridized carbons (Fsp3) is 0.471. The first-order valence-electron chi connectivity index (χ1n) is 8.43. The zero-order valence-electron chi connectivity index (χ0n) is 14.2. The summed E-state index contributed by atoms with van der Waals surface area (Å²) < 4.78 is 28.9. The second-order valence-corrected chi connectivity index (χ2v) is 7.89. The lowest BCUT2D eigenvalue weighted by molar-refractivity contribution is 0.0938. The van der Waals surface area contributed by atoms with Crippen LogP contribution in [0.25, 0.3) is 0 Å². The minimum absolute atomic E-state index is 0.0775. The fourth-order valence-electron chi connectivity index (χ4n) is 3.42. The summed E-state index contributed by atoms with van der Waals surface area (Å²) in [7, 11) is -3.90. The van der Waals surface area contributed by atoms with Crippen molar-refractivity contribution >= 4 is 15.9 Å². The van der Waals surface area contributed by atoms with Gasteiger partial charge in [-0.25, -0.2) is 13.6 Å².